The topological polar surface area (TPSA) is 56.7 Å². The molecule has 0 spiro atoms. The molecule has 92 valence electrons. The first kappa shape index (κ1) is 12.0. The Morgan fingerprint density at radius 3 is 2.94 bits per heavy atom. The summed E-state index contributed by atoms with van der Waals surface area (Å²) < 4.78 is 0. The van der Waals surface area contributed by atoms with Crippen molar-refractivity contribution < 1.29 is 5.11 Å². The Morgan fingerprint density at radius 2 is 2.38 bits per heavy atom. The van der Waals surface area contributed by atoms with E-state index in [9.17, 15) is 5.11 Å². The zero-order valence-corrected chi connectivity index (χ0v) is 10.6. The van der Waals surface area contributed by atoms with Crippen molar-refractivity contribution in [2.75, 3.05) is 24.6 Å². The lowest BCUT2D eigenvalue weighted by molar-refractivity contribution is 0.0778. The number of guanidine groups is 1. The van der Waals surface area contributed by atoms with Crippen LogP contribution in [0.15, 0.2) is 4.99 Å². The van der Waals surface area contributed by atoms with Gasteiger partial charge in [-0.1, -0.05) is 0 Å². The third-order valence-electron chi connectivity index (χ3n) is 2.88. The summed E-state index contributed by atoms with van der Waals surface area (Å²) in [6, 6.07) is 0.602. The molecular formula is C11H21N3OS. The molecule has 5 heteroatoms. The van der Waals surface area contributed by atoms with Gasteiger partial charge in [-0.2, -0.15) is 11.8 Å². The van der Waals surface area contributed by atoms with Crippen molar-refractivity contribution in [2.24, 2.45) is 4.99 Å². The van der Waals surface area contributed by atoms with E-state index < -0.39 is 5.60 Å². The first-order valence-corrected chi connectivity index (χ1v) is 7.22. The largest absolute Gasteiger partial charge is 0.387 e. The highest BCUT2D eigenvalue weighted by Gasteiger charge is 2.31. The smallest absolute Gasteiger partial charge is 0.191 e. The summed E-state index contributed by atoms with van der Waals surface area (Å²) >= 11 is 1.81. The van der Waals surface area contributed by atoms with Gasteiger partial charge in [0.15, 0.2) is 5.96 Å². The van der Waals surface area contributed by atoms with Gasteiger partial charge >= 0.3 is 0 Å². The number of thioether (sulfide) groups is 1. The first-order valence-electron chi connectivity index (χ1n) is 6.07. The molecule has 16 heavy (non-hydrogen) atoms. The molecule has 2 aliphatic rings. The van der Waals surface area contributed by atoms with Crippen molar-refractivity contribution in [3.8, 4) is 0 Å². The third-order valence-corrected chi connectivity index (χ3v) is 4.11. The monoisotopic (exact) mass is 243 g/mol. The molecular weight excluding hydrogens is 222 g/mol. The molecule has 1 unspecified atom stereocenters. The fourth-order valence-corrected chi connectivity index (χ4v) is 2.97. The fourth-order valence-electron chi connectivity index (χ4n) is 1.69. The number of nitrogens with zero attached hydrogens (tertiary/aromatic N) is 1. The maximum atomic E-state index is 10.2. The molecule has 0 aromatic heterocycles. The number of hydrogen-bond acceptors (Lipinski definition) is 3. The lowest BCUT2D eigenvalue weighted by atomic mass is 10.1. The molecule has 0 aromatic rings. The molecule has 2 rings (SSSR count). The van der Waals surface area contributed by atoms with Gasteiger partial charge < -0.3 is 15.7 Å². The standard InChI is InChI=1S/C11H21N3OS/c1-2-12-10(14-9-3-4-9)13-7-11(15)5-6-16-8-11/h9,15H,2-8H2,1H3,(H2,12,13,14). The van der Waals surface area contributed by atoms with Crippen molar-refractivity contribution in [1.82, 2.24) is 10.6 Å². The Balaban J connectivity index is 1.84. The highest BCUT2D eigenvalue weighted by Crippen LogP contribution is 2.27. The first-order chi connectivity index (χ1) is 7.72. The van der Waals surface area contributed by atoms with Crippen LogP contribution in [-0.4, -0.2) is 47.3 Å². The number of rotatable bonds is 4. The highest BCUT2D eigenvalue weighted by molar-refractivity contribution is 7.99. The molecule has 0 bridgehead atoms. The van der Waals surface area contributed by atoms with E-state index in [1.807, 2.05) is 11.8 Å². The second-order valence-corrected chi connectivity index (χ2v) is 5.75. The number of nitrogens with one attached hydrogen (secondary N) is 2. The van der Waals surface area contributed by atoms with Crippen molar-refractivity contribution >= 4 is 17.7 Å². The zero-order valence-electron chi connectivity index (χ0n) is 9.83. The zero-order chi connectivity index (χ0) is 11.4. The van der Waals surface area contributed by atoms with E-state index in [1.165, 1.54) is 12.8 Å². The van der Waals surface area contributed by atoms with Crippen molar-refractivity contribution in [3.05, 3.63) is 0 Å². The van der Waals surface area contributed by atoms with Crippen LogP contribution < -0.4 is 10.6 Å². The maximum absolute atomic E-state index is 10.2. The summed E-state index contributed by atoms with van der Waals surface area (Å²) in [5, 5.41) is 16.7. The fraction of sp³-hybridized carbons (Fsp3) is 0.909. The molecule has 1 saturated carbocycles. The third kappa shape index (κ3) is 3.56. The number of aliphatic imine (C=N–C) groups is 1. The maximum Gasteiger partial charge on any atom is 0.191 e. The van der Waals surface area contributed by atoms with E-state index in [1.54, 1.807) is 0 Å². The molecule has 0 radical (unpaired) electrons. The minimum atomic E-state index is -0.573. The molecule has 2 fully saturated rings. The Labute approximate surface area is 101 Å². The molecule has 1 saturated heterocycles. The van der Waals surface area contributed by atoms with Crippen LogP contribution in [0.25, 0.3) is 0 Å². The lowest BCUT2D eigenvalue weighted by Gasteiger charge is -2.19. The second-order valence-electron chi connectivity index (χ2n) is 4.64. The van der Waals surface area contributed by atoms with Crippen LogP contribution in [0.4, 0.5) is 0 Å². The van der Waals surface area contributed by atoms with E-state index in [0.29, 0.717) is 12.6 Å². The summed E-state index contributed by atoms with van der Waals surface area (Å²) in [7, 11) is 0. The van der Waals surface area contributed by atoms with E-state index in [2.05, 4.69) is 22.5 Å². The van der Waals surface area contributed by atoms with E-state index >= 15 is 0 Å². The Kier molecular flexibility index (Phi) is 3.97. The van der Waals surface area contributed by atoms with Crippen LogP contribution in [0.5, 0.6) is 0 Å². The van der Waals surface area contributed by atoms with Gasteiger partial charge in [0.25, 0.3) is 0 Å². The highest BCUT2D eigenvalue weighted by atomic mass is 32.2. The van der Waals surface area contributed by atoms with Gasteiger partial charge in [-0.3, -0.25) is 4.99 Å². The van der Waals surface area contributed by atoms with Crippen LogP contribution in [0.3, 0.4) is 0 Å². The van der Waals surface area contributed by atoms with Crippen molar-refractivity contribution in [2.45, 2.75) is 37.8 Å². The summed E-state index contributed by atoms with van der Waals surface area (Å²) in [6.45, 7) is 3.44. The van der Waals surface area contributed by atoms with Crippen LogP contribution in [0, 0.1) is 0 Å². The van der Waals surface area contributed by atoms with Gasteiger partial charge in [0, 0.05) is 18.3 Å². The lowest BCUT2D eigenvalue weighted by Crippen LogP contribution is -2.41. The molecule has 1 atom stereocenters. The van der Waals surface area contributed by atoms with Gasteiger partial charge in [0.05, 0.1) is 12.1 Å². The Morgan fingerprint density at radius 1 is 1.56 bits per heavy atom. The quantitative estimate of drug-likeness (QED) is 0.499. The van der Waals surface area contributed by atoms with Crippen LogP contribution in [-0.2, 0) is 0 Å². The van der Waals surface area contributed by atoms with E-state index in [-0.39, 0.29) is 0 Å². The number of hydrogen-bond donors (Lipinski definition) is 3. The normalized spacial score (nSPS) is 30.5. The summed E-state index contributed by atoms with van der Waals surface area (Å²) in [5.41, 5.74) is -0.573. The molecule has 4 nitrogen and oxygen atoms in total. The molecule has 3 N–H and O–H groups in total. The van der Waals surface area contributed by atoms with Crippen LogP contribution in [0.1, 0.15) is 26.2 Å². The van der Waals surface area contributed by atoms with E-state index in [4.69, 9.17) is 0 Å². The molecule has 0 aromatic carbocycles. The Bertz CT molecular complexity index is 260. The summed E-state index contributed by atoms with van der Waals surface area (Å²) in [4.78, 5) is 4.48. The van der Waals surface area contributed by atoms with Crippen molar-refractivity contribution in [1.29, 1.82) is 0 Å². The Hall–Kier alpha value is -0.420. The molecule has 1 heterocycles. The molecule has 0 amide bonds. The van der Waals surface area contributed by atoms with Gasteiger partial charge in [-0.15, -0.1) is 0 Å². The second kappa shape index (κ2) is 5.27. The predicted molar refractivity (Wildman–Crippen MR) is 69.0 cm³/mol. The van der Waals surface area contributed by atoms with Gasteiger partial charge in [-0.25, -0.2) is 0 Å². The summed E-state index contributed by atoms with van der Waals surface area (Å²) in [5.74, 6) is 2.73. The van der Waals surface area contributed by atoms with Crippen LogP contribution in [0.2, 0.25) is 0 Å². The predicted octanol–water partition coefficient (Wildman–Crippen LogP) is 0.572. The minimum absolute atomic E-state index is 0.516. The van der Waals surface area contributed by atoms with Crippen LogP contribution >= 0.6 is 11.8 Å². The van der Waals surface area contributed by atoms with Gasteiger partial charge in [-0.05, 0) is 31.9 Å². The van der Waals surface area contributed by atoms with Gasteiger partial charge in [0.2, 0.25) is 0 Å². The SMILES string of the molecule is CCNC(=NCC1(O)CCSC1)NC1CC1. The average molecular weight is 243 g/mol. The molecule has 1 aliphatic carbocycles. The number of aliphatic hydroxyl groups is 1. The van der Waals surface area contributed by atoms with Crippen molar-refractivity contribution in [3.63, 3.8) is 0 Å². The van der Waals surface area contributed by atoms with E-state index in [0.717, 1.165) is 30.4 Å². The van der Waals surface area contributed by atoms with Gasteiger partial charge in [0.1, 0.15) is 0 Å². The molecule has 1 aliphatic heterocycles. The summed E-state index contributed by atoms with van der Waals surface area (Å²) in [6.07, 6.45) is 3.35. The minimum Gasteiger partial charge on any atom is -0.387 e. The average Bonchev–Trinajstić information content (AvgIpc) is 2.97.